The molecule has 2 N–H and O–H groups in total. The molecule has 8 heteroatoms. The van der Waals surface area contributed by atoms with Crippen LogP contribution in [0.1, 0.15) is 25.7 Å². The predicted octanol–water partition coefficient (Wildman–Crippen LogP) is 0.719. The average Bonchev–Trinajstić information content (AvgIpc) is 2.90. The summed E-state index contributed by atoms with van der Waals surface area (Å²) in [6.45, 7) is 3.27. The zero-order chi connectivity index (χ0) is 17.7. The number of aliphatic carboxylic acids is 2. The van der Waals surface area contributed by atoms with Gasteiger partial charge in [0.05, 0.1) is 13.1 Å². The molecule has 0 bridgehead atoms. The number of halogens is 1. The van der Waals surface area contributed by atoms with Crippen LogP contribution in [0, 0.1) is 11.8 Å². The monoisotopic (exact) mass is 346 g/mol. The van der Waals surface area contributed by atoms with E-state index in [2.05, 4.69) is 23.8 Å². The van der Waals surface area contributed by atoms with Crippen LogP contribution in [0.5, 0.6) is 0 Å². The highest BCUT2D eigenvalue weighted by Crippen LogP contribution is 2.07. The number of carboxylic acid groups (broad SMARTS) is 2. The van der Waals surface area contributed by atoms with Gasteiger partial charge in [-0.1, -0.05) is 11.8 Å². The van der Waals surface area contributed by atoms with Crippen molar-refractivity contribution >= 4 is 29.4 Å². The molecular formula is C15H23ClN2O5. The van der Waals surface area contributed by atoms with E-state index in [0.29, 0.717) is 13.0 Å². The summed E-state index contributed by atoms with van der Waals surface area (Å²) in [4.78, 5) is 33.5. The molecule has 1 saturated heterocycles. The Bertz CT molecular complexity index is 447. The molecule has 0 saturated carbocycles. The predicted molar refractivity (Wildman–Crippen MR) is 86.3 cm³/mol. The first-order valence-electron chi connectivity index (χ1n) is 7.32. The van der Waals surface area contributed by atoms with Crippen molar-refractivity contribution in [3.05, 3.63) is 0 Å². The van der Waals surface area contributed by atoms with Gasteiger partial charge in [-0.3, -0.25) is 9.69 Å². The first-order valence-corrected chi connectivity index (χ1v) is 7.86. The lowest BCUT2D eigenvalue weighted by Gasteiger charge is -2.12. The van der Waals surface area contributed by atoms with E-state index in [0.717, 1.165) is 44.8 Å². The molecule has 1 fully saturated rings. The highest BCUT2D eigenvalue weighted by atomic mass is 35.5. The molecular weight excluding hydrogens is 324 g/mol. The lowest BCUT2D eigenvalue weighted by molar-refractivity contribution is -0.159. The van der Waals surface area contributed by atoms with Gasteiger partial charge < -0.3 is 15.1 Å². The smallest absolute Gasteiger partial charge is 0.414 e. The number of carboxylic acids is 2. The second kappa shape index (κ2) is 12.7. The first kappa shape index (κ1) is 21.2. The molecule has 0 unspecified atom stereocenters. The summed E-state index contributed by atoms with van der Waals surface area (Å²) in [6, 6.07) is 0. The third kappa shape index (κ3) is 11.4. The topological polar surface area (TPSA) is 98.2 Å². The van der Waals surface area contributed by atoms with Crippen LogP contribution in [0.15, 0.2) is 0 Å². The second-order valence-corrected chi connectivity index (χ2v) is 5.39. The Kier molecular flexibility index (Phi) is 11.7. The van der Waals surface area contributed by atoms with Crippen LogP contribution in [0.3, 0.4) is 0 Å². The second-order valence-electron chi connectivity index (χ2n) is 5.02. The fraction of sp³-hybridized carbons (Fsp3) is 0.667. The Morgan fingerprint density at radius 1 is 1.26 bits per heavy atom. The SMILES string of the molecule is CN(CC#CCN1CCCC1=O)CCCCCl.O=C(O)C(=O)O. The van der Waals surface area contributed by atoms with Gasteiger partial charge in [0, 0.05) is 18.8 Å². The number of unbranched alkanes of at least 4 members (excludes halogenated alkanes) is 1. The van der Waals surface area contributed by atoms with E-state index in [1.165, 1.54) is 0 Å². The molecule has 1 aliphatic rings. The molecule has 0 atom stereocenters. The summed E-state index contributed by atoms with van der Waals surface area (Å²) < 4.78 is 0. The Balaban J connectivity index is 0.000000688. The highest BCUT2D eigenvalue weighted by molar-refractivity contribution is 6.27. The maximum atomic E-state index is 11.3. The van der Waals surface area contributed by atoms with Gasteiger partial charge in [-0.2, -0.15) is 0 Å². The number of carbonyl (C=O) groups is 3. The van der Waals surface area contributed by atoms with E-state index in [9.17, 15) is 4.79 Å². The normalized spacial score (nSPS) is 13.2. The van der Waals surface area contributed by atoms with Crippen LogP contribution in [-0.2, 0) is 14.4 Å². The van der Waals surface area contributed by atoms with E-state index in [1.54, 1.807) is 0 Å². The summed E-state index contributed by atoms with van der Waals surface area (Å²) in [5.41, 5.74) is 0. The van der Waals surface area contributed by atoms with Gasteiger partial charge in [0.25, 0.3) is 0 Å². The van der Waals surface area contributed by atoms with E-state index in [1.807, 2.05) is 4.90 Å². The number of alkyl halides is 1. The molecule has 0 aromatic heterocycles. The molecule has 1 rings (SSSR count). The maximum Gasteiger partial charge on any atom is 0.414 e. The lowest BCUT2D eigenvalue weighted by atomic mass is 10.3. The Morgan fingerprint density at radius 2 is 1.91 bits per heavy atom. The molecule has 1 aliphatic heterocycles. The van der Waals surface area contributed by atoms with E-state index < -0.39 is 11.9 Å². The van der Waals surface area contributed by atoms with Gasteiger partial charge in [-0.05, 0) is 32.9 Å². The van der Waals surface area contributed by atoms with E-state index in [-0.39, 0.29) is 5.91 Å². The number of hydrogen-bond acceptors (Lipinski definition) is 4. The molecule has 1 heterocycles. The zero-order valence-corrected chi connectivity index (χ0v) is 14.0. The average molecular weight is 347 g/mol. The van der Waals surface area contributed by atoms with Gasteiger partial charge in [0.2, 0.25) is 5.91 Å². The summed E-state index contributed by atoms with van der Waals surface area (Å²) in [5.74, 6) is 3.50. The van der Waals surface area contributed by atoms with Gasteiger partial charge >= 0.3 is 11.9 Å². The lowest BCUT2D eigenvalue weighted by Crippen LogP contribution is -2.25. The van der Waals surface area contributed by atoms with Gasteiger partial charge in [0.1, 0.15) is 0 Å². The minimum absolute atomic E-state index is 0.245. The van der Waals surface area contributed by atoms with Crippen LogP contribution >= 0.6 is 11.6 Å². The van der Waals surface area contributed by atoms with Crippen LogP contribution in [0.4, 0.5) is 0 Å². The van der Waals surface area contributed by atoms with E-state index >= 15 is 0 Å². The molecule has 7 nitrogen and oxygen atoms in total. The van der Waals surface area contributed by atoms with Crippen LogP contribution in [0.2, 0.25) is 0 Å². The summed E-state index contributed by atoms with van der Waals surface area (Å²) in [5, 5.41) is 14.8. The Hall–Kier alpha value is -1.78. The minimum Gasteiger partial charge on any atom is -0.473 e. The quantitative estimate of drug-likeness (QED) is 0.318. The van der Waals surface area contributed by atoms with Crippen molar-refractivity contribution in [3.8, 4) is 11.8 Å². The van der Waals surface area contributed by atoms with Gasteiger partial charge in [-0.25, -0.2) is 9.59 Å². The molecule has 130 valence electrons. The molecule has 0 aromatic rings. The number of nitrogens with zero attached hydrogens (tertiary/aromatic N) is 2. The molecule has 1 amide bonds. The summed E-state index contributed by atoms with van der Waals surface area (Å²) in [6.07, 6.45) is 3.85. The van der Waals surface area contributed by atoms with Crippen LogP contribution in [0.25, 0.3) is 0 Å². The van der Waals surface area contributed by atoms with Crippen molar-refractivity contribution in [2.75, 3.05) is 39.1 Å². The number of rotatable bonds is 6. The minimum atomic E-state index is -1.82. The van der Waals surface area contributed by atoms with Crippen molar-refractivity contribution in [3.63, 3.8) is 0 Å². The summed E-state index contributed by atoms with van der Waals surface area (Å²) >= 11 is 5.61. The third-order valence-electron chi connectivity index (χ3n) is 3.02. The van der Waals surface area contributed by atoms with Gasteiger partial charge in [0.15, 0.2) is 0 Å². The van der Waals surface area contributed by atoms with Crippen molar-refractivity contribution in [1.82, 2.24) is 9.80 Å². The highest BCUT2D eigenvalue weighted by Gasteiger charge is 2.18. The maximum absolute atomic E-state index is 11.3. The van der Waals surface area contributed by atoms with Gasteiger partial charge in [-0.15, -0.1) is 11.6 Å². The van der Waals surface area contributed by atoms with Crippen molar-refractivity contribution in [2.24, 2.45) is 0 Å². The number of amides is 1. The van der Waals surface area contributed by atoms with Crippen molar-refractivity contribution < 1.29 is 24.6 Å². The molecule has 0 aliphatic carbocycles. The first-order chi connectivity index (χ1) is 10.9. The van der Waals surface area contributed by atoms with Crippen LogP contribution in [-0.4, -0.2) is 77.0 Å². The Labute approximate surface area is 141 Å². The Morgan fingerprint density at radius 3 is 2.39 bits per heavy atom. The van der Waals surface area contributed by atoms with Crippen molar-refractivity contribution in [2.45, 2.75) is 25.7 Å². The molecule has 0 aromatic carbocycles. The number of hydrogen-bond donors (Lipinski definition) is 2. The van der Waals surface area contributed by atoms with E-state index in [4.69, 9.17) is 31.4 Å². The zero-order valence-electron chi connectivity index (χ0n) is 13.3. The number of likely N-dealkylation sites (tertiary alicyclic amines) is 1. The van der Waals surface area contributed by atoms with Crippen molar-refractivity contribution in [1.29, 1.82) is 0 Å². The van der Waals surface area contributed by atoms with Crippen LogP contribution < -0.4 is 0 Å². The molecule has 0 radical (unpaired) electrons. The fourth-order valence-electron chi connectivity index (χ4n) is 1.77. The summed E-state index contributed by atoms with van der Waals surface area (Å²) in [7, 11) is 2.06. The molecule has 23 heavy (non-hydrogen) atoms. The number of carbonyl (C=O) groups excluding carboxylic acids is 1. The third-order valence-corrected chi connectivity index (χ3v) is 3.29. The fourth-order valence-corrected chi connectivity index (χ4v) is 1.96. The standard InChI is InChI=1S/C13H21ClN2O.C2H2O4/c1-15(9-3-2-8-14)10-4-5-11-16-12-6-7-13(16)17;3-1(4)2(5)6/h2-3,6-12H2,1H3;(H,3,4)(H,5,6). The molecule has 0 spiro atoms. The largest absolute Gasteiger partial charge is 0.473 e.